The van der Waals surface area contributed by atoms with Crippen LogP contribution in [-0.2, 0) is 15.4 Å². The number of rotatable bonds is 3. The van der Waals surface area contributed by atoms with Gasteiger partial charge in [-0.25, -0.2) is 23.4 Å². The Balaban J connectivity index is 1.81. The molecule has 0 radical (unpaired) electrons. The topological polar surface area (TPSA) is 134 Å². The molecule has 1 N–H and O–H groups in total. The summed E-state index contributed by atoms with van der Waals surface area (Å²) in [6, 6.07) is 3.94. The molecule has 3 aromatic rings. The Morgan fingerprint density at radius 1 is 1.32 bits per heavy atom. The van der Waals surface area contributed by atoms with Crippen LogP contribution in [0.25, 0.3) is 22.4 Å². The lowest BCUT2D eigenvalue weighted by molar-refractivity contribution is 0.0484. The molecule has 0 aromatic carbocycles. The zero-order valence-corrected chi connectivity index (χ0v) is 17.8. The lowest BCUT2D eigenvalue weighted by Crippen LogP contribution is -2.56. The number of hydrogen-bond donors (Lipinski definition) is 2. The monoisotopic (exact) mass is 440 g/mol. The minimum Gasteiger partial charge on any atom is -0.486 e. The van der Waals surface area contributed by atoms with E-state index in [9.17, 15) is 13.7 Å². The van der Waals surface area contributed by atoms with Crippen molar-refractivity contribution in [1.82, 2.24) is 19.9 Å². The number of pyridine rings is 1. The van der Waals surface area contributed by atoms with Crippen molar-refractivity contribution in [2.45, 2.75) is 31.2 Å². The molecule has 10 nitrogen and oxygen atoms in total. The summed E-state index contributed by atoms with van der Waals surface area (Å²) in [7, 11) is -2.80. The van der Waals surface area contributed by atoms with Gasteiger partial charge < -0.3 is 19.4 Å². The van der Waals surface area contributed by atoms with Gasteiger partial charge in [-0.05, 0) is 19.9 Å². The van der Waals surface area contributed by atoms with Crippen LogP contribution in [0.1, 0.15) is 30.4 Å². The van der Waals surface area contributed by atoms with Gasteiger partial charge in [-0.15, -0.1) is 0 Å². The smallest absolute Gasteiger partial charge is 0.184 e. The van der Waals surface area contributed by atoms with E-state index in [4.69, 9.17) is 14.5 Å². The first-order valence-corrected chi connectivity index (χ1v) is 11.1. The van der Waals surface area contributed by atoms with E-state index in [1.165, 1.54) is 6.20 Å². The Morgan fingerprint density at radius 2 is 2.16 bits per heavy atom. The summed E-state index contributed by atoms with van der Waals surface area (Å²) in [5.41, 5.74) is 1.70. The van der Waals surface area contributed by atoms with E-state index in [0.29, 0.717) is 53.5 Å². The van der Waals surface area contributed by atoms with Crippen molar-refractivity contribution in [2.75, 3.05) is 24.7 Å². The van der Waals surface area contributed by atoms with Crippen LogP contribution in [0.2, 0.25) is 0 Å². The second kappa shape index (κ2) is 7.47. The van der Waals surface area contributed by atoms with Crippen LogP contribution in [0, 0.1) is 11.3 Å². The fraction of sp³-hybridized carbons (Fsp3) is 0.400. The van der Waals surface area contributed by atoms with Gasteiger partial charge >= 0.3 is 0 Å². The van der Waals surface area contributed by atoms with Gasteiger partial charge in [0.1, 0.15) is 40.0 Å². The van der Waals surface area contributed by atoms with Crippen molar-refractivity contribution in [1.29, 1.82) is 5.26 Å². The van der Waals surface area contributed by atoms with Gasteiger partial charge in [0.25, 0.3) is 0 Å². The van der Waals surface area contributed by atoms with Crippen LogP contribution in [0.4, 0.5) is 5.82 Å². The SMILES string of the molecule is CC1COCC2COc3c(C(C)[SH](=O)=O)nc(-c4c(C#N)cnc5[nH]ccc45)nc3N12. The highest BCUT2D eigenvalue weighted by Crippen LogP contribution is 2.42. The number of nitrogens with one attached hydrogen (secondary N) is 1. The standard InChI is InChI=1S/C20H20N6O4S/c1-10-7-29-8-13-9-30-17-16(11(2)31(27)28)24-19(25-20(17)26(10)13)15-12(5-21)6-23-18-14(15)3-4-22-18/h3-4,6,10-11,13,31H,7-9H2,1-2H3,(H,22,23). The van der Waals surface area contributed by atoms with Gasteiger partial charge in [0, 0.05) is 23.3 Å². The minimum atomic E-state index is -2.80. The molecule has 3 atom stereocenters. The first-order valence-electron chi connectivity index (χ1n) is 9.90. The molecule has 3 aromatic heterocycles. The highest BCUT2D eigenvalue weighted by molar-refractivity contribution is 7.72. The molecule has 11 heteroatoms. The molecular weight excluding hydrogens is 420 g/mol. The van der Waals surface area contributed by atoms with Gasteiger partial charge in [0.2, 0.25) is 0 Å². The van der Waals surface area contributed by atoms with E-state index in [1.54, 1.807) is 19.2 Å². The average molecular weight is 440 g/mol. The van der Waals surface area contributed by atoms with E-state index in [1.807, 2.05) is 6.92 Å². The highest BCUT2D eigenvalue weighted by Gasteiger charge is 2.39. The second-order valence-electron chi connectivity index (χ2n) is 7.70. The molecule has 0 saturated carbocycles. The van der Waals surface area contributed by atoms with Gasteiger partial charge in [0.05, 0.1) is 30.9 Å². The Labute approximate surface area is 179 Å². The number of hydrogen-bond acceptors (Lipinski definition) is 9. The van der Waals surface area contributed by atoms with E-state index in [2.05, 4.69) is 25.9 Å². The average Bonchev–Trinajstić information content (AvgIpc) is 3.25. The van der Waals surface area contributed by atoms with Gasteiger partial charge in [-0.3, -0.25) is 0 Å². The first kappa shape index (κ1) is 19.7. The fourth-order valence-corrected chi connectivity index (χ4v) is 4.56. The van der Waals surface area contributed by atoms with Crippen molar-refractivity contribution in [3.8, 4) is 23.2 Å². The number of anilines is 1. The van der Waals surface area contributed by atoms with Crippen molar-refractivity contribution >= 4 is 27.6 Å². The molecule has 2 aliphatic rings. The van der Waals surface area contributed by atoms with Crippen molar-refractivity contribution in [2.24, 2.45) is 0 Å². The summed E-state index contributed by atoms with van der Waals surface area (Å²) >= 11 is 0. The predicted molar refractivity (Wildman–Crippen MR) is 113 cm³/mol. The van der Waals surface area contributed by atoms with Crippen molar-refractivity contribution < 1.29 is 17.9 Å². The third kappa shape index (κ3) is 3.10. The van der Waals surface area contributed by atoms with Crippen LogP contribution in [0.15, 0.2) is 18.5 Å². The third-order valence-electron chi connectivity index (χ3n) is 5.72. The summed E-state index contributed by atoms with van der Waals surface area (Å²) < 4.78 is 35.4. The maximum absolute atomic E-state index is 11.9. The number of aromatic nitrogens is 4. The quantitative estimate of drug-likeness (QED) is 0.582. The van der Waals surface area contributed by atoms with Crippen LogP contribution < -0.4 is 9.64 Å². The Bertz CT molecular complexity index is 1290. The summed E-state index contributed by atoms with van der Waals surface area (Å²) in [5, 5.41) is 9.51. The predicted octanol–water partition coefficient (Wildman–Crippen LogP) is 1.55. The second-order valence-corrected chi connectivity index (χ2v) is 9.05. The highest BCUT2D eigenvalue weighted by atomic mass is 32.2. The van der Waals surface area contributed by atoms with Crippen LogP contribution in [0.3, 0.4) is 0 Å². The van der Waals surface area contributed by atoms with E-state index in [0.717, 1.165) is 0 Å². The zero-order chi connectivity index (χ0) is 21.7. The van der Waals surface area contributed by atoms with Crippen molar-refractivity contribution in [3.05, 3.63) is 29.7 Å². The number of aromatic amines is 1. The Morgan fingerprint density at radius 3 is 2.94 bits per heavy atom. The Hall–Kier alpha value is -3.23. The molecule has 5 heterocycles. The third-order valence-corrected chi connectivity index (χ3v) is 6.60. The normalized spacial score (nSPS) is 21.3. The maximum Gasteiger partial charge on any atom is 0.184 e. The number of morpholine rings is 1. The summed E-state index contributed by atoms with van der Waals surface area (Å²) in [4.78, 5) is 18.8. The number of thiol groups is 1. The molecule has 5 rings (SSSR count). The van der Waals surface area contributed by atoms with Gasteiger partial charge in [-0.2, -0.15) is 5.26 Å². The van der Waals surface area contributed by atoms with Gasteiger partial charge in [-0.1, -0.05) is 0 Å². The number of nitriles is 1. The van der Waals surface area contributed by atoms with Crippen LogP contribution in [0.5, 0.6) is 5.75 Å². The molecule has 0 bridgehead atoms. The molecule has 0 aliphatic carbocycles. The summed E-state index contributed by atoms with van der Waals surface area (Å²) in [6.07, 6.45) is 3.19. The molecule has 31 heavy (non-hydrogen) atoms. The van der Waals surface area contributed by atoms with Gasteiger partial charge in [0.15, 0.2) is 17.4 Å². The van der Waals surface area contributed by atoms with Crippen molar-refractivity contribution in [3.63, 3.8) is 0 Å². The Kier molecular flexibility index (Phi) is 4.75. The molecule has 0 amide bonds. The molecule has 3 unspecified atom stereocenters. The first-order chi connectivity index (χ1) is 15.0. The molecule has 1 saturated heterocycles. The summed E-state index contributed by atoms with van der Waals surface area (Å²) in [5.74, 6) is 1.17. The van der Waals surface area contributed by atoms with E-state index < -0.39 is 16.0 Å². The number of ether oxygens (including phenoxy) is 2. The van der Waals surface area contributed by atoms with E-state index in [-0.39, 0.29) is 23.6 Å². The molecule has 1 fully saturated rings. The number of fused-ring (bicyclic) bond motifs is 4. The largest absolute Gasteiger partial charge is 0.486 e. The molecule has 2 aliphatic heterocycles. The minimum absolute atomic E-state index is 0.0217. The fourth-order valence-electron chi connectivity index (χ4n) is 4.18. The zero-order valence-electron chi connectivity index (χ0n) is 16.9. The van der Waals surface area contributed by atoms with Crippen LogP contribution >= 0.6 is 0 Å². The number of H-pyrrole nitrogens is 1. The molecule has 160 valence electrons. The molecule has 0 spiro atoms. The maximum atomic E-state index is 11.9. The lowest BCUT2D eigenvalue weighted by Gasteiger charge is -2.44. The van der Waals surface area contributed by atoms with Crippen LogP contribution in [-0.4, -0.2) is 60.3 Å². The molecular formula is C20H20N6O4S. The van der Waals surface area contributed by atoms with E-state index >= 15 is 0 Å². The lowest BCUT2D eigenvalue weighted by atomic mass is 10.1. The summed E-state index contributed by atoms with van der Waals surface area (Å²) in [6.45, 7) is 4.97. The number of nitrogens with zero attached hydrogens (tertiary/aromatic N) is 5.